The van der Waals surface area contributed by atoms with Crippen LogP contribution in [0.1, 0.15) is 5.69 Å². The van der Waals surface area contributed by atoms with Gasteiger partial charge in [0.2, 0.25) is 0 Å². The van der Waals surface area contributed by atoms with Crippen LogP contribution in [0.2, 0.25) is 0 Å². The molecular weight excluding hydrogens is 260 g/mol. The Bertz CT molecular complexity index is 545. The van der Waals surface area contributed by atoms with Crippen molar-refractivity contribution in [2.24, 2.45) is 0 Å². The second kappa shape index (κ2) is 3.86. The molecule has 5 heteroatoms. The fraction of sp³-hybridized carbons (Fsp3) is 0. The number of aliphatic carboxylic acids is 1. The molecule has 2 aromatic rings. The third-order valence-electron chi connectivity index (χ3n) is 1.84. The summed E-state index contributed by atoms with van der Waals surface area (Å²) in [4.78, 5) is 14.5. The van der Waals surface area contributed by atoms with Gasteiger partial charge in [-0.25, -0.2) is 9.78 Å². The summed E-state index contributed by atoms with van der Waals surface area (Å²) < 4.78 is 2.76. The third-order valence-corrected chi connectivity index (χ3v) is 2.33. The van der Waals surface area contributed by atoms with Crippen molar-refractivity contribution in [2.75, 3.05) is 0 Å². The van der Waals surface area contributed by atoms with Crippen LogP contribution in [0, 0.1) is 0 Å². The lowest BCUT2D eigenvalue weighted by Gasteiger charge is -1.91. The molecule has 0 amide bonds. The van der Waals surface area contributed by atoms with Gasteiger partial charge in [-0.05, 0) is 18.2 Å². The van der Waals surface area contributed by atoms with Crippen LogP contribution < -0.4 is 0 Å². The fourth-order valence-corrected chi connectivity index (χ4v) is 1.54. The first-order valence-corrected chi connectivity index (χ1v) is 5.00. The summed E-state index contributed by atoms with van der Waals surface area (Å²) in [5, 5.41) is 8.46. The largest absolute Gasteiger partial charge is 0.478 e. The minimum atomic E-state index is -0.978. The molecule has 0 spiro atoms. The summed E-state index contributed by atoms with van der Waals surface area (Å²) in [6, 6.07) is 3.75. The van der Waals surface area contributed by atoms with E-state index in [4.69, 9.17) is 5.11 Å². The third kappa shape index (κ3) is 2.24. The van der Waals surface area contributed by atoms with Gasteiger partial charge in [0.05, 0.1) is 5.69 Å². The minimum absolute atomic E-state index is 0.621. The van der Waals surface area contributed by atoms with Crippen LogP contribution in [0.4, 0.5) is 0 Å². The van der Waals surface area contributed by atoms with E-state index >= 15 is 0 Å². The zero-order valence-corrected chi connectivity index (χ0v) is 9.18. The molecule has 0 aliphatic rings. The lowest BCUT2D eigenvalue weighted by atomic mass is 10.4. The van der Waals surface area contributed by atoms with E-state index in [0.717, 1.165) is 16.2 Å². The number of imidazole rings is 1. The number of carboxylic acids is 1. The first-order chi connectivity index (χ1) is 7.15. The van der Waals surface area contributed by atoms with Gasteiger partial charge in [-0.3, -0.25) is 0 Å². The summed E-state index contributed by atoms with van der Waals surface area (Å²) >= 11 is 3.34. The first-order valence-electron chi connectivity index (χ1n) is 4.20. The molecular formula is C10H7BrN2O2. The van der Waals surface area contributed by atoms with Crippen LogP contribution in [0.5, 0.6) is 0 Å². The topological polar surface area (TPSA) is 54.6 Å². The zero-order chi connectivity index (χ0) is 10.8. The zero-order valence-electron chi connectivity index (χ0n) is 7.59. The van der Waals surface area contributed by atoms with E-state index in [0.29, 0.717) is 5.69 Å². The van der Waals surface area contributed by atoms with Crippen LogP contribution in [0.3, 0.4) is 0 Å². The van der Waals surface area contributed by atoms with Gasteiger partial charge >= 0.3 is 5.97 Å². The summed E-state index contributed by atoms with van der Waals surface area (Å²) in [6.07, 6.45) is 6.14. The summed E-state index contributed by atoms with van der Waals surface area (Å²) in [6.45, 7) is 0. The predicted molar refractivity (Wildman–Crippen MR) is 59.6 cm³/mol. The quantitative estimate of drug-likeness (QED) is 0.848. The molecule has 4 nitrogen and oxygen atoms in total. The number of hydrogen-bond donors (Lipinski definition) is 1. The molecule has 0 saturated heterocycles. The molecule has 0 aliphatic carbocycles. The van der Waals surface area contributed by atoms with Crippen molar-refractivity contribution >= 4 is 33.6 Å². The maximum absolute atomic E-state index is 10.3. The van der Waals surface area contributed by atoms with Crippen molar-refractivity contribution < 1.29 is 9.90 Å². The van der Waals surface area contributed by atoms with Gasteiger partial charge in [0, 0.05) is 22.9 Å². The molecule has 0 aliphatic heterocycles. The highest BCUT2D eigenvalue weighted by Crippen LogP contribution is 2.13. The van der Waals surface area contributed by atoms with E-state index < -0.39 is 5.97 Å². The lowest BCUT2D eigenvalue weighted by molar-refractivity contribution is -0.131. The van der Waals surface area contributed by atoms with Gasteiger partial charge in [-0.2, -0.15) is 0 Å². The highest BCUT2D eigenvalue weighted by atomic mass is 79.9. The van der Waals surface area contributed by atoms with Gasteiger partial charge in [-0.15, -0.1) is 0 Å². The predicted octanol–water partition coefficient (Wildman–Crippen LogP) is 2.19. The molecule has 0 unspecified atom stereocenters. The SMILES string of the molecule is O=C(O)/C=C/c1cn2ccc(Br)cc2n1. The Labute approximate surface area is 94.0 Å². The highest BCUT2D eigenvalue weighted by Gasteiger charge is 1.99. The minimum Gasteiger partial charge on any atom is -0.478 e. The second-order valence-electron chi connectivity index (χ2n) is 2.95. The van der Waals surface area contributed by atoms with Crippen molar-refractivity contribution in [1.82, 2.24) is 9.38 Å². The molecule has 0 atom stereocenters. The van der Waals surface area contributed by atoms with E-state index in [9.17, 15) is 4.79 Å². The highest BCUT2D eigenvalue weighted by molar-refractivity contribution is 9.10. The average molecular weight is 267 g/mol. The second-order valence-corrected chi connectivity index (χ2v) is 3.86. The maximum atomic E-state index is 10.3. The molecule has 0 fully saturated rings. The Kier molecular flexibility index (Phi) is 2.55. The number of aromatic nitrogens is 2. The fourth-order valence-electron chi connectivity index (χ4n) is 1.21. The standard InChI is InChI=1S/C10H7BrN2O2/c11-7-3-4-13-6-8(1-2-10(14)15)12-9(13)5-7/h1-6H,(H,14,15)/b2-1+. The number of nitrogens with zero attached hydrogens (tertiary/aromatic N) is 2. The molecule has 2 aromatic heterocycles. The molecule has 0 bridgehead atoms. The Balaban J connectivity index is 2.43. The van der Waals surface area contributed by atoms with Crippen LogP contribution in [0.25, 0.3) is 11.7 Å². The summed E-state index contributed by atoms with van der Waals surface area (Å²) in [7, 11) is 0. The van der Waals surface area contributed by atoms with Crippen molar-refractivity contribution in [3.05, 3.63) is 40.8 Å². The van der Waals surface area contributed by atoms with Crippen LogP contribution in [-0.2, 0) is 4.79 Å². The lowest BCUT2D eigenvalue weighted by Crippen LogP contribution is -1.85. The number of carbonyl (C=O) groups is 1. The number of carboxylic acid groups (broad SMARTS) is 1. The van der Waals surface area contributed by atoms with E-state index in [1.54, 1.807) is 6.20 Å². The monoisotopic (exact) mass is 266 g/mol. The average Bonchev–Trinajstić information content (AvgIpc) is 2.56. The number of pyridine rings is 1. The molecule has 0 aromatic carbocycles. The molecule has 1 N–H and O–H groups in total. The first kappa shape index (κ1) is 9.92. The number of halogens is 1. The Morgan fingerprint density at radius 1 is 1.60 bits per heavy atom. The number of rotatable bonds is 2. The van der Waals surface area contributed by atoms with Gasteiger partial charge in [0.15, 0.2) is 0 Å². The van der Waals surface area contributed by atoms with Crippen LogP contribution >= 0.6 is 15.9 Å². The van der Waals surface area contributed by atoms with Gasteiger partial charge < -0.3 is 9.51 Å². The molecule has 2 heterocycles. The van der Waals surface area contributed by atoms with Crippen LogP contribution in [0.15, 0.2) is 35.1 Å². The van der Waals surface area contributed by atoms with Crippen LogP contribution in [-0.4, -0.2) is 20.5 Å². The summed E-state index contributed by atoms with van der Waals surface area (Å²) in [5.74, 6) is -0.978. The Morgan fingerprint density at radius 2 is 2.40 bits per heavy atom. The molecule has 76 valence electrons. The maximum Gasteiger partial charge on any atom is 0.328 e. The van der Waals surface area contributed by atoms with Gasteiger partial charge in [-0.1, -0.05) is 15.9 Å². The normalized spacial score (nSPS) is 11.3. The van der Waals surface area contributed by atoms with Gasteiger partial charge in [0.25, 0.3) is 0 Å². The van der Waals surface area contributed by atoms with E-state index in [1.165, 1.54) is 6.08 Å². The van der Waals surface area contributed by atoms with E-state index in [-0.39, 0.29) is 0 Å². The number of hydrogen-bond acceptors (Lipinski definition) is 2. The molecule has 0 saturated carbocycles. The molecule has 15 heavy (non-hydrogen) atoms. The van der Waals surface area contributed by atoms with Crippen molar-refractivity contribution in [1.29, 1.82) is 0 Å². The van der Waals surface area contributed by atoms with Crippen molar-refractivity contribution in [3.8, 4) is 0 Å². The van der Waals surface area contributed by atoms with Gasteiger partial charge in [0.1, 0.15) is 5.65 Å². The van der Waals surface area contributed by atoms with Crippen molar-refractivity contribution in [3.63, 3.8) is 0 Å². The summed E-state index contributed by atoms with van der Waals surface area (Å²) in [5.41, 5.74) is 1.39. The van der Waals surface area contributed by atoms with E-state index in [1.807, 2.05) is 22.7 Å². The molecule has 2 rings (SSSR count). The Morgan fingerprint density at radius 3 is 3.13 bits per heavy atom. The van der Waals surface area contributed by atoms with Crippen molar-refractivity contribution in [2.45, 2.75) is 0 Å². The number of fused-ring (bicyclic) bond motifs is 1. The smallest absolute Gasteiger partial charge is 0.328 e. The molecule has 0 radical (unpaired) electrons. The van der Waals surface area contributed by atoms with E-state index in [2.05, 4.69) is 20.9 Å². The Hall–Kier alpha value is -1.62.